The topological polar surface area (TPSA) is 9.23 Å². The van der Waals surface area contributed by atoms with Gasteiger partial charge in [0, 0.05) is 16.3 Å². The molecule has 0 amide bonds. The first-order valence-corrected chi connectivity index (χ1v) is 15.5. The molecule has 0 fully saturated rings. The second-order valence-corrected chi connectivity index (χ2v) is 12.0. The third kappa shape index (κ3) is 3.56. The predicted octanol–water partition coefficient (Wildman–Crippen LogP) is 12.6. The Kier molecular flexibility index (Phi) is 5.06. The fraction of sp³-hybridized carbons (Fsp3) is 0. The lowest BCUT2D eigenvalue weighted by atomic mass is 9.87. The predicted molar refractivity (Wildman–Crippen MR) is 190 cm³/mol. The van der Waals surface area contributed by atoms with Gasteiger partial charge in [-0.15, -0.1) is 0 Å². The number of fused-ring (bicyclic) bond motifs is 8. The molecule has 0 radical (unpaired) electrons. The van der Waals surface area contributed by atoms with E-state index in [-0.39, 0.29) is 0 Å². The maximum absolute atomic E-state index is 6.65. The number of hydrogen-bond acceptors (Lipinski definition) is 1. The molecule has 1 heterocycles. The van der Waals surface area contributed by atoms with Crippen LogP contribution in [0.4, 0.5) is 0 Å². The summed E-state index contributed by atoms with van der Waals surface area (Å²) in [6, 6.07) is 57.3. The summed E-state index contributed by atoms with van der Waals surface area (Å²) in [6.07, 6.45) is 0. The minimum atomic E-state index is 0.917. The van der Waals surface area contributed by atoms with E-state index in [4.69, 9.17) is 4.74 Å². The van der Waals surface area contributed by atoms with Crippen LogP contribution in [-0.2, 0) is 0 Å². The number of benzene rings is 9. The number of hydrogen-bond donors (Lipinski definition) is 0. The van der Waals surface area contributed by atoms with E-state index in [1.54, 1.807) is 0 Å². The minimum Gasteiger partial charge on any atom is -0.455 e. The first kappa shape index (κ1) is 24.5. The smallest absolute Gasteiger partial charge is 0.143 e. The standard InChI is InChI=1S/C44H26O/c1-2-10-28(11-3-1)42-34-13-6-5-12-29(34)26-40-33-20-18-30(25-31(33)19-21-38(40)42)32-23-24-41-43-36(32)15-8-16-37(43)39-22-17-27-9-4-7-14-35(27)44(39)45-41/h1-26H. The average Bonchev–Trinajstić information content (AvgIpc) is 3.11. The van der Waals surface area contributed by atoms with Crippen LogP contribution in [0.5, 0.6) is 11.5 Å². The van der Waals surface area contributed by atoms with Crippen LogP contribution in [0.3, 0.4) is 0 Å². The molecule has 0 spiro atoms. The minimum absolute atomic E-state index is 0.917. The quantitative estimate of drug-likeness (QED) is 0.148. The first-order chi connectivity index (χ1) is 22.3. The average molecular weight is 571 g/mol. The Morgan fingerprint density at radius 1 is 0.333 bits per heavy atom. The maximum atomic E-state index is 6.65. The van der Waals surface area contributed by atoms with E-state index in [0.717, 1.165) is 22.4 Å². The Labute approximate surface area is 260 Å². The highest BCUT2D eigenvalue weighted by atomic mass is 16.5. The molecular formula is C44H26O. The zero-order chi connectivity index (χ0) is 29.5. The van der Waals surface area contributed by atoms with Crippen molar-refractivity contribution in [1.82, 2.24) is 0 Å². The lowest BCUT2D eigenvalue weighted by Crippen LogP contribution is -1.98. The Balaban J connectivity index is 1.18. The lowest BCUT2D eigenvalue weighted by Gasteiger charge is -2.24. The van der Waals surface area contributed by atoms with Gasteiger partial charge in [0.15, 0.2) is 0 Å². The van der Waals surface area contributed by atoms with Gasteiger partial charge in [0.2, 0.25) is 0 Å². The van der Waals surface area contributed by atoms with E-state index in [1.807, 2.05) is 0 Å². The van der Waals surface area contributed by atoms with E-state index in [1.165, 1.54) is 76.3 Å². The molecule has 0 atom stereocenters. The van der Waals surface area contributed by atoms with Crippen LogP contribution in [0.15, 0.2) is 158 Å². The monoisotopic (exact) mass is 570 g/mol. The highest BCUT2D eigenvalue weighted by Gasteiger charge is 2.23. The van der Waals surface area contributed by atoms with E-state index in [0.29, 0.717) is 0 Å². The van der Waals surface area contributed by atoms with Crippen molar-refractivity contribution in [3.05, 3.63) is 158 Å². The molecule has 10 rings (SSSR count). The van der Waals surface area contributed by atoms with E-state index >= 15 is 0 Å². The molecule has 9 aromatic rings. The van der Waals surface area contributed by atoms with Gasteiger partial charge in [0.1, 0.15) is 11.5 Å². The molecule has 9 aromatic carbocycles. The van der Waals surface area contributed by atoms with Crippen molar-refractivity contribution in [2.24, 2.45) is 0 Å². The van der Waals surface area contributed by atoms with Crippen molar-refractivity contribution >= 4 is 53.9 Å². The normalized spacial score (nSPS) is 12.2. The van der Waals surface area contributed by atoms with Crippen molar-refractivity contribution < 1.29 is 4.74 Å². The van der Waals surface area contributed by atoms with Crippen molar-refractivity contribution in [3.8, 4) is 44.9 Å². The molecule has 0 unspecified atom stereocenters. The van der Waals surface area contributed by atoms with Crippen LogP contribution >= 0.6 is 0 Å². The Morgan fingerprint density at radius 2 is 1.04 bits per heavy atom. The fourth-order valence-electron chi connectivity index (χ4n) is 7.57. The molecule has 1 nitrogen and oxygen atoms in total. The van der Waals surface area contributed by atoms with E-state index < -0.39 is 0 Å². The highest BCUT2D eigenvalue weighted by Crippen LogP contribution is 2.51. The molecule has 0 aliphatic carbocycles. The van der Waals surface area contributed by atoms with E-state index in [9.17, 15) is 0 Å². The Hall–Kier alpha value is -5.92. The third-order valence-corrected chi connectivity index (χ3v) is 9.62. The van der Waals surface area contributed by atoms with Gasteiger partial charge in [-0.3, -0.25) is 0 Å². The van der Waals surface area contributed by atoms with Crippen LogP contribution < -0.4 is 4.74 Å². The SMILES string of the molecule is c1ccc(-c2c3ccccc3cc3c2ccc2cc(-c4ccc5c6c(cccc46)-c4ccc6ccccc6c4O5)ccc23)cc1. The van der Waals surface area contributed by atoms with Gasteiger partial charge >= 0.3 is 0 Å². The van der Waals surface area contributed by atoms with Gasteiger partial charge in [0.25, 0.3) is 0 Å². The van der Waals surface area contributed by atoms with Crippen molar-refractivity contribution in [2.75, 3.05) is 0 Å². The van der Waals surface area contributed by atoms with Gasteiger partial charge in [-0.2, -0.15) is 0 Å². The highest BCUT2D eigenvalue weighted by molar-refractivity contribution is 6.21. The Morgan fingerprint density at radius 3 is 1.96 bits per heavy atom. The zero-order valence-electron chi connectivity index (χ0n) is 24.4. The molecule has 0 saturated heterocycles. The van der Waals surface area contributed by atoms with Crippen LogP contribution in [0.25, 0.3) is 87.2 Å². The van der Waals surface area contributed by atoms with Crippen LogP contribution in [0.1, 0.15) is 0 Å². The summed E-state index contributed by atoms with van der Waals surface area (Å²) in [5.74, 6) is 1.86. The van der Waals surface area contributed by atoms with Crippen LogP contribution in [0, 0.1) is 0 Å². The summed E-state index contributed by atoms with van der Waals surface area (Å²) in [5, 5.41) is 12.3. The maximum Gasteiger partial charge on any atom is 0.143 e. The molecule has 1 heteroatoms. The second-order valence-electron chi connectivity index (χ2n) is 12.0. The van der Waals surface area contributed by atoms with Crippen LogP contribution in [-0.4, -0.2) is 0 Å². The molecule has 0 N–H and O–H groups in total. The summed E-state index contributed by atoms with van der Waals surface area (Å²) >= 11 is 0. The largest absolute Gasteiger partial charge is 0.455 e. The van der Waals surface area contributed by atoms with E-state index in [2.05, 4.69) is 158 Å². The summed E-state index contributed by atoms with van der Waals surface area (Å²) < 4.78 is 6.65. The first-order valence-electron chi connectivity index (χ1n) is 15.5. The third-order valence-electron chi connectivity index (χ3n) is 9.62. The Bertz CT molecular complexity index is 2670. The molecule has 0 aromatic heterocycles. The molecule has 0 saturated carbocycles. The van der Waals surface area contributed by atoms with Gasteiger partial charge in [-0.1, -0.05) is 133 Å². The summed E-state index contributed by atoms with van der Waals surface area (Å²) in [6.45, 7) is 0. The van der Waals surface area contributed by atoms with Crippen LogP contribution in [0.2, 0.25) is 0 Å². The molecule has 208 valence electrons. The van der Waals surface area contributed by atoms with Crippen molar-refractivity contribution in [2.45, 2.75) is 0 Å². The molecule has 1 aliphatic rings. The zero-order valence-corrected chi connectivity index (χ0v) is 24.4. The number of rotatable bonds is 2. The van der Waals surface area contributed by atoms with Gasteiger partial charge in [-0.05, 0) is 95.2 Å². The summed E-state index contributed by atoms with van der Waals surface area (Å²) in [7, 11) is 0. The summed E-state index contributed by atoms with van der Waals surface area (Å²) in [5.41, 5.74) is 7.34. The van der Waals surface area contributed by atoms with Crippen molar-refractivity contribution in [3.63, 3.8) is 0 Å². The second kappa shape index (κ2) is 9.29. The van der Waals surface area contributed by atoms with Gasteiger partial charge in [-0.25, -0.2) is 0 Å². The molecule has 0 bridgehead atoms. The molecular weight excluding hydrogens is 544 g/mol. The number of ether oxygens (including phenoxy) is 1. The van der Waals surface area contributed by atoms with Gasteiger partial charge < -0.3 is 4.74 Å². The molecule has 45 heavy (non-hydrogen) atoms. The van der Waals surface area contributed by atoms with Gasteiger partial charge in [0.05, 0.1) is 0 Å². The fourth-order valence-corrected chi connectivity index (χ4v) is 7.57. The molecule has 1 aliphatic heterocycles. The summed E-state index contributed by atoms with van der Waals surface area (Å²) in [4.78, 5) is 0. The lowest BCUT2D eigenvalue weighted by molar-refractivity contribution is 0.493. The van der Waals surface area contributed by atoms with Crippen molar-refractivity contribution in [1.29, 1.82) is 0 Å².